The Bertz CT molecular complexity index is 53.5. The van der Waals surface area contributed by atoms with Crippen LogP contribution >= 0.6 is 0 Å². The van der Waals surface area contributed by atoms with Gasteiger partial charge in [0.05, 0.1) is 6.61 Å². The molecule has 0 unspecified atom stereocenters. The normalized spacial score (nSPS) is 9.27. The summed E-state index contributed by atoms with van der Waals surface area (Å²) in [6, 6.07) is 0. The minimum Gasteiger partial charge on any atom is -0.194 e. The summed E-state index contributed by atoms with van der Waals surface area (Å²) in [5.41, 5.74) is 0. The molecule has 1 nitrogen and oxygen atoms in total. The maximum Gasteiger partial charge on any atom is 0.0904 e. The summed E-state index contributed by atoms with van der Waals surface area (Å²) >= 11 is 0. The highest BCUT2D eigenvalue weighted by Crippen LogP contribution is 2.06. The van der Waals surface area contributed by atoms with Crippen LogP contribution in [0.15, 0.2) is 0 Å². The summed E-state index contributed by atoms with van der Waals surface area (Å²) in [4.78, 5) is 3.49. The van der Waals surface area contributed by atoms with Crippen LogP contribution in [0.1, 0.15) is 47.0 Å². The van der Waals surface area contributed by atoms with Crippen LogP contribution in [0.25, 0.3) is 0 Å². The molecule has 0 rings (SSSR count). The fourth-order valence-electron chi connectivity index (χ4n) is 0.613. The SMILES string of the molecule is CCC.CCC(CC)COF. The quantitative estimate of drug-likeness (QED) is 0.615. The first-order valence-corrected chi connectivity index (χ1v) is 4.50. The second-order valence-electron chi connectivity index (χ2n) is 2.67. The van der Waals surface area contributed by atoms with Crippen molar-refractivity contribution in [3.05, 3.63) is 0 Å². The molecule has 0 heterocycles. The minimum atomic E-state index is 0.257. The molecule has 0 amide bonds. The number of rotatable bonds is 4. The second-order valence-corrected chi connectivity index (χ2v) is 2.67. The van der Waals surface area contributed by atoms with Crippen molar-refractivity contribution in [2.24, 2.45) is 5.92 Å². The van der Waals surface area contributed by atoms with Crippen molar-refractivity contribution in [2.75, 3.05) is 6.61 Å². The van der Waals surface area contributed by atoms with E-state index in [0.717, 1.165) is 12.8 Å². The zero-order chi connectivity index (χ0) is 9.11. The van der Waals surface area contributed by atoms with Crippen LogP contribution in [0, 0.1) is 5.92 Å². The Morgan fingerprint density at radius 2 is 1.45 bits per heavy atom. The molecule has 0 fully saturated rings. The molecule has 0 N–H and O–H groups in total. The zero-order valence-electron chi connectivity index (χ0n) is 8.19. The van der Waals surface area contributed by atoms with E-state index in [9.17, 15) is 4.53 Å². The van der Waals surface area contributed by atoms with Gasteiger partial charge in [0.25, 0.3) is 0 Å². The fourth-order valence-corrected chi connectivity index (χ4v) is 0.613. The van der Waals surface area contributed by atoms with E-state index < -0.39 is 0 Å². The van der Waals surface area contributed by atoms with Crippen molar-refractivity contribution >= 4 is 0 Å². The molecule has 0 aromatic rings. The van der Waals surface area contributed by atoms with Gasteiger partial charge in [-0.2, -0.15) is 4.94 Å². The molecular formula is C9H21FO. The third-order valence-electron chi connectivity index (χ3n) is 1.45. The molecule has 0 bridgehead atoms. The van der Waals surface area contributed by atoms with Gasteiger partial charge >= 0.3 is 0 Å². The molecule has 0 aromatic carbocycles. The van der Waals surface area contributed by atoms with Gasteiger partial charge in [-0.25, -0.2) is 0 Å². The number of hydrogen-bond acceptors (Lipinski definition) is 1. The van der Waals surface area contributed by atoms with Crippen LogP contribution in [0.4, 0.5) is 4.53 Å². The molecule has 70 valence electrons. The Labute approximate surface area is 69.8 Å². The maximum atomic E-state index is 11.1. The van der Waals surface area contributed by atoms with Gasteiger partial charge in [-0.15, -0.1) is 0 Å². The average Bonchev–Trinajstić information content (AvgIpc) is 2.02. The van der Waals surface area contributed by atoms with Crippen molar-refractivity contribution in [1.82, 2.24) is 0 Å². The molecular weight excluding hydrogens is 143 g/mol. The fraction of sp³-hybridized carbons (Fsp3) is 1.00. The molecule has 0 spiro atoms. The van der Waals surface area contributed by atoms with Crippen LogP contribution in [0.5, 0.6) is 0 Å². The Morgan fingerprint density at radius 1 is 1.09 bits per heavy atom. The van der Waals surface area contributed by atoms with Gasteiger partial charge in [0.1, 0.15) is 0 Å². The summed E-state index contributed by atoms with van der Waals surface area (Å²) in [6.45, 7) is 8.58. The number of hydrogen-bond donors (Lipinski definition) is 0. The van der Waals surface area contributed by atoms with Gasteiger partial charge < -0.3 is 0 Å². The standard InChI is InChI=1S/C6H13FO.C3H8/c1-3-6(4-2)5-8-7;1-3-2/h6H,3-5H2,1-2H3;3H2,1-2H3. The first kappa shape index (κ1) is 13.5. The summed E-state index contributed by atoms with van der Waals surface area (Å²) in [5, 5.41) is 0. The lowest BCUT2D eigenvalue weighted by Crippen LogP contribution is -2.02. The predicted molar refractivity (Wildman–Crippen MR) is 47.1 cm³/mol. The molecule has 0 aliphatic rings. The van der Waals surface area contributed by atoms with Crippen LogP contribution in [-0.2, 0) is 4.94 Å². The molecule has 0 radical (unpaired) electrons. The van der Waals surface area contributed by atoms with E-state index in [1.807, 2.05) is 13.8 Å². The van der Waals surface area contributed by atoms with Crippen molar-refractivity contribution < 1.29 is 9.47 Å². The van der Waals surface area contributed by atoms with Crippen molar-refractivity contribution in [1.29, 1.82) is 0 Å². The van der Waals surface area contributed by atoms with Gasteiger partial charge in [0, 0.05) is 0 Å². The topological polar surface area (TPSA) is 9.23 Å². The first-order valence-electron chi connectivity index (χ1n) is 4.50. The Kier molecular flexibility index (Phi) is 15.4. The molecule has 0 aliphatic carbocycles. The third kappa shape index (κ3) is 13.0. The van der Waals surface area contributed by atoms with E-state index in [4.69, 9.17) is 0 Å². The third-order valence-corrected chi connectivity index (χ3v) is 1.45. The lowest BCUT2D eigenvalue weighted by molar-refractivity contribution is -0.145. The molecule has 0 saturated heterocycles. The molecule has 0 aliphatic heterocycles. The van der Waals surface area contributed by atoms with E-state index >= 15 is 0 Å². The summed E-state index contributed by atoms with van der Waals surface area (Å²) in [7, 11) is 0. The van der Waals surface area contributed by atoms with E-state index in [0.29, 0.717) is 5.92 Å². The van der Waals surface area contributed by atoms with E-state index in [1.165, 1.54) is 6.42 Å². The van der Waals surface area contributed by atoms with Crippen LogP contribution in [0.2, 0.25) is 0 Å². The largest absolute Gasteiger partial charge is 0.194 e. The Hall–Kier alpha value is -0.110. The van der Waals surface area contributed by atoms with Crippen molar-refractivity contribution in [3.63, 3.8) is 0 Å². The molecule has 2 heteroatoms. The lowest BCUT2D eigenvalue weighted by Gasteiger charge is -2.05. The minimum absolute atomic E-state index is 0.257. The van der Waals surface area contributed by atoms with Crippen molar-refractivity contribution in [3.8, 4) is 0 Å². The summed E-state index contributed by atoms with van der Waals surface area (Å²) in [5.74, 6) is 0.403. The second kappa shape index (κ2) is 12.6. The van der Waals surface area contributed by atoms with E-state index in [-0.39, 0.29) is 6.61 Å². The summed E-state index contributed by atoms with van der Waals surface area (Å²) < 4.78 is 11.1. The lowest BCUT2D eigenvalue weighted by atomic mass is 10.1. The van der Waals surface area contributed by atoms with Gasteiger partial charge in [0.15, 0.2) is 0 Å². The monoisotopic (exact) mass is 164 g/mol. The van der Waals surface area contributed by atoms with Gasteiger partial charge in [-0.3, -0.25) is 0 Å². The van der Waals surface area contributed by atoms with Crippen LogP contribution in [-0.4, -0.2) is 6.61 Å². The Balaban J connectivity index is 0. The number of halogens is 1. The van der Waals surface area contributed by atoms with Gasteiger partial charge in [-0.1, -0.05) is 47.0 Å². The Morgan fingerprint density at radius 3 is 1.55 bits per heavy atom. The highest BCUT2D eigenvalue weighted by Gasteiger charge is 2.01. The molecule has 0 aromatic heterocycles. The van der Waals surface area contributed by atoms with Crippen LogP contribution in [0.3, 0.4) is 0 Å². The molecule has 0 saturated carbocycles. The highest BCUT2D eigenvalue weighted by atomic mass is 19.3. The van der Waals surface area contributed by atoms with Gasteiger partial charge in [-0.05, 0) is 10.4 Å². The molecule has 11 heavy (non-hydrogen) atoms. The predicted octanol–water partition coefficient (Wildman–Crippen LogP) is 3.74. The zero-order valence-corrected chi connectivity index (χ0v) is 8.19. The highest BCUT2D eigenvalue weighted by molar-refractivity contribution is 4.49. The van der Waals surface area contributed by atoms with Gasteiger partial charge in [0.2, 0.25) is 0 Å². The average molecular weight is 164 g/mol. The van der Waals surface area contributed by atoms with E-state index in [1.54, 1.807) is 0 Å². The maximum absolute atomic E-state index is 11.1. The van der Waals surface area contributed by atoms with Crippen molar-refractivity contribution in [2.45, 2.75) is 47.0 Å². The van der Waals surface area contributed by atoms with Crippen LogP contribution < -0.4 is 0 Å². The molecule has 0 atom stereocenters. The first-order chi connectivity index (χ1) is 5.26. The summed E-state index contributed by atoms with van der Waals surface area (Å²) in [6.07, 6.45) is 3.25. The smallest absolute Gasteiger partial charge is 0.0904 e. The van der Waals surface area contributed by atoms with E-state index in [2.05, 4.69) is 18.8 Å².